The van der Waals surface area contributed by atoms with Gasteiger partial charge < -0.3 is 9.84 Å². The van der Waals surface area contributed by atoms with Crippen LogP contribution in [-0.4, -0.2) is 49.1 Å². The van der Waals surface area contributed by atoms with E-state index >= 15 is 0 Å². The number of carbonyl (C=O) groups is 1. The van der Waals surface area contributed by atoms with Crippen LogP contribution >= 0.6 is 0 Å². The number of ether oxygens (including phenoxy) is 1. The average Bonchev–Trinajstić information content (AvgIpc) is 3.58. The van der Waals surface area contributed by atoms with Crippen molar-refractivity contribution in [3.8, 4) is 0 Å². The Hall–Kier alpha value is -2.61. The molecule has 0 saturated heterocycles. The number of aliphatic hydroxyl groups is 1. The molecule has 3 unspecified atom stereocenters. The summed E-state index contributed by atoms with van der Waals surface area (Å²) in [6.45, 7) is 8.66. The van der Waals surface area contributed by atoms with Crippen molar-refractivity contribution in [3.05, 3.63) is 35.1 Å². The molecule has 2 aromatic rings. The minimum Gasteiger partial charge on any atom is -0.465 e. The Morgan fingerprint density at radius 3 is 2.68 bits per heavy atom. The highest BCUT2D eigenvalue weighted by atomic mass is 16.5. The Morgan fingerprint density at radius 1 is 1.16 bits per heavy atom. The summed E-state index contributed by atoms with van der Waals surface area (Å²) in [4.78, 5) is 27.0. The highest BCUT2D eigenvalue weighted by molar-refractivity contribution is 5.86. The average molecular weight is 524 g/mol. The van der Waals surface area contributed by atoms with Gasteiger partial charge in [-0.3, -0.25) is 9.79 Å². The summed E-state index contributed by atoms with van der Waals surface area (Å²) in [6.07, 6.45) is 12.9. The van der Waals surface area contributed by atoms with Crippen LogP contribution in [0.4, 0.5) is 0 Å². The third-order valence-corrected chi connectivity index (χ3v) is 8.09. The zero-order chi connectivity index (χ0) is 27.1. The molecular formula is C30H45N5O3. The van der Waals surface area contributed by atoms with E-state index in [-0.39, 0.29) is 12.4 Å². The van der Waals surface area contributed by atoms with Crippen LogP contribution in [0.5, 0.6) is 0 Å². The molecule has 1 aliphatic carbocycles. The van der Waals surface area contributed by atoms with Crippen molar-refractivity contribution in [1.82, 2.24) is 19.6 Å². The first-order chi connectivity index (χ1) is 18.4. The van der Waals surface area contributed by atoms with E-state index in [1.165, 1.54) is 24.3 Å². The van der Waals surface area contributed by atoms with Gasteiger partial charge in [0.1, 0.15) is 0 Å². The third-order valence-electron chi connectivity index (χ3n) is 8.09. The Bertz CT molecular complexity index is 1150. The van der Waals surface area contributed by atoms with E-state index in [0.717, 1.165) is 62.8 Å². The number of unbranched alkanes of at least 4 members (excludes halogenated alkanes) is 1. The maximum Gasteiger partial charge on any atom is 0.312 e. The zero-order valence-electron chi connectivity index (χ0n) is 23.7. The predicted octanol–water partition coefficient (Wildman–Crippen LogP) is 5.72. The fourth-order valence-electron chi connectivity index (χ4n) is 5.84. The van der Waals surface area contributed by atoms with Gasteiger partial charge in [0.05, 0.1) is 18.6 Å². The van der Waals surface area contributed by atoms with Crippen molar-refractivity contribution in [2.24, 2.45) is 22.7 Å². The number of aliphatic imine (C=N–C) groups is 1. The number of hydrogen-bond acceptors (Lipinski definition) is 7. The fraction of sp³-hybridized carbons (Fsp3) is 0.700. The Balaban J connectivity index is 1.37. The number of rotatable bonds is 13. The molecule has 8 heteroatoms. The zero-order valence-corrected chi connectivity index (χ0v) is 23.7. The standard InChI is InChI=1S/C30H45N5O3/c1-5-24-16-23(17-25(6-2)32-24)13-9-10-14-27(36)26(29(37)38-19-22-11-7-8-12-22)18-28-33-30-31-20(3)15-21(4)35(30)34-28/h15-16,22-23,26-27,36H,5-14,17-19H2,1-4H3. The summed E-state index contributed by atoms with van der Waals surface area (Å²) in [5, 5.41) is 15.8. The van der Waals surface area contributed by atoms with Crippen molar-refractivity contribution in [2.45, 2.75) is 111 Å². The summed E-state index contributed by atoms with van der Waals surface area (Å²) in [6, 6.07) is 1.95. The Labute approximate surface area is 227 Å². The minimum absolute atomic E-state index is 0.244. The molecule has 2 aromatic heterocycles. The number of nitrogens with zero attached hydrogens (tertiary/aromatic N) is 5. The second-order valence-corrected chi connectivity index (χ2v) is 11.2. The molecule has 0 spiro atoms. The van der Waals surface area contributed by atoms with E-state index in [1.807, 2.05) is 19.9 Å². The molecule has 0 amide bonds. The number of aryl methyl sites for hydroxylation is 2. The number of allylic oxidation sites excluding steroid dienone is 2. The fourth-order valence-corrected chi connectivity index (χ4v) is 5.84. The van der Waals surface area contributed by atoms with Crippen LogP contribution in [0, 0.1) is 31.6 Å². The van der Waals surface area contributed by atoms with Gasteiger partial charge in [-0.25, -0.2) is 9.50 Å². The molecule has 1 N–H and O–H groups in total. The number of fused-ring (bicyclic) bond motifs is 1. The van der Waals surface area contributed by atoms with Crippen LogP contribution in [0.15, 0.2) is 22.8 Å². The number of carbonyl (C=O) groups excluding carboxylic acids is 1. The molecule has 0 bridgehead atoms. The summed E-state index contributed by atoms with van der Waals surface area (Å²) >= 11 is 0. The molecule has 0 radical (unpaired) electrons. The molecule has 1 saturated carbocycles. The van der Waals surface area contributed by atoms with Crippen molar-refractivity contribution in [2.75, 3.05) is 6.61 Å². The molecule has 1 aliphatic heterocycles. The first-order valence-corrected chi connectivity index (χ1v) is 14.7. The summed E-state index contributed by atoms with van der Waals surface area (Å²) in [7, 11) is 0. The quantitative estimate of drug-likeness (QED) is 0.266. The lowest BCUT2D eigenvalue weighted by molar-refractivity contribution is -0.154. The molecule has 208 valence electrons. The van der Waals surface area contributed by atoms with E-state index in [4.69, 9.17) is 9.73 Å². The molecule has 2 aliphatic rings. The van der Waals surface area contributed by atoms with Gasteiger partial charge in [-0.15, -0.1) is 5.10 Å². The van der Waals surface area contributed by atoms with Crippen molar-refractivity contribution < 1.29 is 14.6 Å². The van der Waals surface area contributed by atoms with Gasteiger partial charge in [0.2, 0.25) is 0 Å². The van der Waals surface area contributed by atoms with Gasteiger partial charge in [-0.2, -0.15) is 4.98 Å². The lowest BCUT2D eigenvalue weighted by Gasteiger charge is -2.23. The highest BCUT2D eigenvalue weighted by Crippen LogP contribution is 2.28. The van der Waals surface area contributed by atoms with Gasteiger partial charge in [0.15, 0.2) is 5.82 Å². The maximum absolute atomic E-state index is 13.2. The van der Waals surface area contributed by atoms with E-state index in [1.54, 1.807) is 4.52 Å². The first-order valence-electron chi connectivity index (χ1n) is 14.7. The van der Waals surface area contributed by atoms with Gasteiger partial charge in [0.25, 0.3) is 5.78 Å². The molecule has 3 atom stereocenters. The number of hydrogen-bond donors (Lipinski definition) is 1. The van der Waals surface area contributed by atoms with Crippen molar-refractivity contribution >= 4 is 17.5 Å². The summed E-state index contributed by atoms with van der Waals surface area (Å²) < 4.78 is 7.45. The highest BCUT2D eigenvalue weighted by Gasteiger charge is 2.31. The molecule has 3 heterocycles. The van der Waals surface area contributed by atoms with Crippen LogP contribution < -0.4 is 0 Å². The monoisotopic (exact) mass is 523 g/mol. The van der Waals surface area contributed by atoms with Gasteiger partial charge in [-0.05, 0) is 76.7 Å². The predicted molar refractivity (Wildman–Crippen MR) is 149 cm³/mol. The summed E-state index contributed by atoms with van der Waals surface area (Å²) in [5.74, 6) is 0.966. The summed E-state index contributed by atoms with van der Waals surface area (Å²) in [5.41, 5.74) is 4.30. The van der Waals surface area contributed by atoms with Gasteiger partial charge >= 0.3 is 5.97 Å². The SMILES string of the molecule is CCC1=CC(CCCCC(O)C(Cc2nc3nc(C)cc(C)n3n2)C(=O)OCC2CCCC2)CC(CC)=N1. The Kier molecular flexibility index (Phi) is 10.1. The van der Waals surface area contributed by atoms with Gasteiger partial charge in [-0.1, -0.05) is 45.6 Å². The second-order valence-electron chi connectivity index (χ2n) is 11.2. The molecule has 0 aromatic carbocycles. The van der Waals surface area contributed by atoms with Crippen molar-refractivity contribution in [3.63, 3.8) is 0 Å². The van der Waals surface area contributed by atoms with Crippen LogP contribution in [0.1, 0.15) is 102 Å². The number of aromatic nitrogens is 4. The lowest BCUT2D eigenvalue weighted by atomic mass is 9.89. The lowest BCUT2D eigenvalue weighted by Crippen LogP contribution is -2.33. The van der Waals surface area contributed by atoms with Crippen LogP contribution in [0.3, 0.4) is 0 Å². The minimum atomic E-state index is -0.797. The van der Waals surface area contributed by atoms with E-state index < -0.39 is 12.0 Å². The van der Waals surface area contributed by atoms with Crippen LogP contribution in [0.25, 0.3) is 5.78 Å². The van der Waals surface area contributed by atoms with Crippen LogP contribution in [0.2, 0.25) is 0 Å². The van der Waals surface area contributed by atoms with E-state index in [9.17, 15) is 9.90 Å². The topological polar surface area (TPSA) is 102 Å². The smallest absolute Gasteiger partial charge is 0.312 e. The van der Waals surface area contributed by atoms with Crippen LogP contribution in [-0.2, 0) is 16.0 Å². The molecular weight excluding hydrogens is 478 g/mol. The van der Waals surface area contributed by atoms with E-state index in [2.05, 4.69) is 35.0 Å². The van der Waals surface area contributed by atoms with Gasteiger partial charge in [0, 0.05) is 29.2 Å². The molecule has 4 rings (SSSR count). The molecule has 8 nitrogen and oxygen atoms in total. The normalized spacial score (nSPS) is 19.9. The van der Waals surface area contributed by atoms with Crippen molar-refractivity contribution in [1.29, 1.82) is 0 Å². The second kappa shape index (κ2) is 13.5. The first kappa shape index (κ1) is 28.4. The Morgan fingerprint density at radius 2 is 1.95 bits per heavy atom. The van der Waals surface area contributed by atoms with E-state index in [0.29, 0.717) is 36.5 Å². The largest absolute Gasteiger partial charge is 0.465 e. The third kappa shape index (κ3) is 7.49. The maximum atomic E-state index is 13.2. The number of esters is 1. The number of aliphatic hydroxyl groups excluding tert-OH is 1. The molecule has 38 heavy (non-hydrogen) atoms. The molecule has 1 fully saturated rings.